The van der Waals surface area contributed by atoms with Gasteiger partial charge in [-0.1, -0.05) is 0 Å². The van der Waals surface area contributed by atoms with Crippen LogP contribution in [0.3, 0.4) is 0 Å². The van der Waals surface area contributed by atoms with Gasteiger partial charge in [-0.3, -0.25) is 0 Å². The van der Waals surface area contributed by atoms with E-state index in [4.69, 9.17) is 16.3 Å². The van der Waals surface area contributed by atoms with Gasteiger partial charge in [-0.05, 0) is 0 Å². The van der Waals surface area contributed by atoms with Crippen LogP contribution in [0, 0.1) is 0 Å². The van der Waals surface area contributed by atoms with Crippen LogP contribution in [-0.4, -0.2) is 0 Å². The van der Waals surface area contributed by atoms with Crippen LogP contribution in [0.5, 0.6) is 11.5 Å². The average Bonchev–Trinajstić information content (AvgIpc) is 2.92. The van der Waals surface area contributed by atoms with Gasteiger partial charge in [0.2, 0.25) is 0 Å². The van der Waals surface area contributed by atoms with Gasteiger partial charge in [0.15, 0.2) is 0 Å². The minimum atomic E-state index is -3.32. The number of para-hydroxylation sites is 2. The molecular formula is C31H25BrClOP. The monoisotopic (exact) mass is 558 g/mol. The summed E-state index contributed by atoms with van der Waals surface area (Å²) in [6.07, 6.45) is 0.770. The molecule has 0 aromatic heterocycles. The van der Waals surface area contributed by atoms with E-state index in [1.165, 1.54) is 16.2 Å². The van der Waals surface area contributed by atoms with Crippen LogP contribution in [0.25, 0.3) is 0 Å². The zero-order valence-electron chi connectivity index (χ0n) is 19.1. The van der Waals surface area contributed by atoms with E-state index in [9.17, 15) is 0 Å². The standard InChI is InChI=1S/C31H25BrClOP/c32-35(27-18-9-3-10-19-27,28-20-11-4-12-21-28,24-25-14-5-1-6-15-25)30-23-13-22-29(33)31(30)34-26-16-7-2-8-17-26/h1-23H,24H2. The van der Waals surface area contributed by atoms with Crippen molar-refractivity contribution in [1.82, 2.24) is 0 Å². The first kappa shape index (κ1) is 23.8. The molecule has 1 nitrogen and oxygen atoms in total. The van der Waals surface area contributed by atoms with Gasteiger partial charge in [0, 0.05) is 0 Å². The van der Waals surface area contributed by atoms with Crippen molar-refractivity contribution in [3.05, 3.63) is 150 Å². The van der Waals surface area contributed by atoms with E-state index in [0.29, 0.717) is 10.8 Å². The van der Waals surface area contributed by atoms with E-state index < -0.39 is 5.31 Å². The van der Waals surface area contributed by atoms with E-state index in [2.05, 4.69) is 113 Å². The summed E-state index contributed by atoms with van der Waals surface area (Å²) in [4.78, 5) is 0. The second-order valence-corrected chi connectivity index (χ2v) is 17.8. The fraction of sp³-hybridized carbons (Fsp3) is 0.0323. The summed E-state index contributed by atoms with van der Waals surface area (Å²) in [5.74, 6) is 1.43. The average molecular weight is 560 g/mol. The normalized spacial score (nSPS) is 12.5. The fourth-order valence-corrected chi connectivity index (χ4v) is 12.9. The zero-order valence-corrected chi connectivity index (χ0v) is 22.3. The molecular weight excluding hydrogens is 535 g/mol. The van der Waals surface area contributed by atoms with Gasteiger partial charge in [-0.15, -0.1) is 0 Å². The van der Waals surface area contributed by atoms with Crippen molar-refractivity contribution in [1.29, 1.82) is 0 Å². The molecule has 0 radical (unpaired) electrons. The Kier molecular flexibility index (Phi) is 6.80. The molecule has 0 fully saturated rings. The summed E-state index contributed by atoms with van der Waals surface area (Å²) < 4.78 is 6.56. The van der Waals surface area contributed by atoms with Crippen molar-refractivity contribution in [2.45, 2.75) is 6.16 Å². The molecule has 0 unspecified atom stereocenters. The summed E-state index contributed by atoms with van der Waals surface area (Å²) in [6.45, 7) is 0. The molecule has 5 aromatic carbocycles. The van der Waals surface area contributed by atoms with Crippen molar-refractivity contribution < 1.29 is 4.74 Å². The summed E-state index contributed by atoms with van der Waals surface area (Å²) in [5, 5.41) is 0.761. The second-order valence-electron chi connectivity index (χ2n) is 8.50. The van der Waals surface area contributed by atoms with Crippen LogP contribution in [0.4, 0.5) is 0 Å². The molecule has 4 heteroatoms. The van der Waals surface area contributed by atoms with E-state index >= 15 is 0 Å². The van der Waals surface area contributed by atoms with Crippen LogP contribution in [0.2, 0.25) is 5.02 Å². The molecule has 174 valence electrons. The Labute approximate surface area is 220 Å². The predicted molar refractivity (Wildman–Crippen MR) is 156 cm³/mol. The van der Waals surface area contributed by atoms with Gasteiger partial charge in [-0.25, -0.2) is 0 Å². The maximum atomic E-state index is 6.90. The Morgan fingerprint density at radius 3 is 1.60 bits per heavy atom. The molecule has 0 amide bonds. The third-order valence-electron chi connectivity index (χ3n) is 6.32. The van der Waals surface area contributed by atoms with Crippen LogP contribution in [0.1, 0.15) is 5.56 Å². The third kappa shape index (κ3) is 4.43. The molecule has 0 saturated heterocycles. The molecule has 0 bridgehead atoms. The number of hydrogen-bond acceptors (Lipinski definition) is 1. The number of halogens is 2. The van der Waals surface area contributed by atoms with E-state index in [1.807, 2.05) is 42.5 Å². The molecule has 5 rings (SSSR count). The third-order valence-corrected chi connectivity index (χ3v) is 16.0. The van der Waals surface area contributed by atoms with Gasteiger partial charge in [0.05, 0.1) is 0 Å². The molecule has 0 aliphatic heterocycles. The first-order chi connectivity index (χ1) is 17.1. The molecule has 0 heterocycles. The Hall–Kier alpha value is -2.90. The van der Waals surface area contributed by atoms with Gasteiger partial charge >= 0.3 is 221 Å². The minimum absolute atomic E-state index is 0.583. The molecule has 0 aliphatic rings. The zero-order chi connectivity index (χ0) is 24.2. The Morgan fingerprint density at radius 1 is 0.571 bits per heavy atom. The van der Waals surface area contributed by atoms with Crippen LogP contribution in [-0.2, 0) is 6.16 Å². The van der Waals surface area contributed by atoms with Crippen LogP contribution >= 0.6 is 32.4 Å². The van der Waals surface area contributed by atoms with E-state index in [0.717, 1.165) is 17.2 Å². The van der Waals surface area contributed by atoms with Crippen molar-refractivity contribution in [3.8, 4) is 11.5 Å². The summed E-state index contributed by atoms with van der Waals surface area (Å²) in [7, 11) is 0. The summed E-state index contributed by atoms with van der Waals surface area (Å²) in [5.41, 5.74) is 1.24. The van der Waals surface area contributed by atoms with Crippen molar-refractivity contribution in [2.75, 3.05) is 0 Å². The Bertz CT molecular complexity index is 1370. The quantitative estimate of drug-likeness (QED) is 0.182. The molecule has 35 heavy (non-hydrogen) atoms. The Morgan fingerprint density at radius 2 is 1.06 bits per heavy atom. The van der Waals surface area contributed by atoms with Gasteiger partial charge in [-0.2, -0.15) is 0 Å². The summed E-state index contributed by atoms with van der Waals surface area (Å²) >= 11 is 11.4. The number of hydrogen-bond donors (Lipinski definition) is 0. The van der Waals surface area contributed by atoms with Crippen molar-refractivity contribution >= 4 is 48.3 Å². The first-order valence-corrected chi connectivity index (χ1v) is 16.3. The fourth-order valence-electron chi connectivity index (χ4n) is 4.67. The molecule has 0 N–H and O–H groups in total. The topological polar surface area (TPSA) is 9.23 Å². The predicted octanol–water partition coefficient (Wildman–Crippen LogP) is 8.47. The maximum absolute atomic E-state index is 6.90. The van der Waals surface area contributed by atoms with Gasteiger partial charge in [0.1, 0.15) is 0 Å². The van der Waals surface area contributed by atoms with Gasteiger partial charge in [0.25, 0.3) is 0 Å². The number of benzene rings is 5. The van der Waals surface area contributed by atoms with Crippen molar-refractivity contribution in [2.24, 2.45) is 0 Å². The van der Waals surface area contributed by atoms with E-state index in [1.54, 1.807) is 0 Å². The van der Waals surface area contributed by atoms with Gasteiger partial charge < -0.3 is 0 Å². The van der Waals surface area contributed by atoms with Crippen molar-refractivity contribution in [3.63, 3.8) is 0 Å². The van der Waals surface area contributed by atoms with Crippen LogP contribution < -0.4 is 20.7 Å². The molecule has 5 aromatic rings. The second kappa shape index (κ2) is 9.99. The summed E-state index contributed by atoms with van der Waals surface area (Å²) in [6, 6.07) is 48.0. The molecule has 0 spiro atoms. The number of rotatable bonds is 7. The molecule has 0 atom stereocenters. The van der Waals surface area contributed by atoms with E-state index in [-0.39, 0.29) is 0 Å². The molecule has 0 aliphatic carbocycles. The Balaban J connectivity index is 1.88. The van der Waals surface area contributed by atoms with Crippen LogP contribution in [0.15, 0.2) is 140 Å². The first-order valence-electron chi connectivity index (χ1n) is 11.5. The molecule has 0 saturated carbocycles. The SMILES string of the molecule is Clc1cccc(P(Br)(Cc2ccccc2)(c2ccccc2)c2ccccc2)c1Oc1ccccc1. The number of ether oxygens (including phenoxy) is 1.